The van der Waals surface area contributed by atoms with Crippen molar-refractivity contribution in [1.82, 2.24) is 0 Å². The summed E-state index contributed by atoms with van der Waals surface area (Å²) in [7, 11) is 0. The van der Waals surface area contributed by atoms with E-state index in [9.17, 15) is 4.39 Å². The largest absolute Gasteiger partial charge is 1.00 e. The van der Waals surface area contributed by atoms with Gasteiger partial charge in [-0.25, -0.2) is 4.39 Å². The predicted octanol–water partition coefficient (Wildman–Crippen LogP) is 0.605. The van der Waals surface area contributed by atoms with Gasteiger partial charge in [0, 0.05) is 5.82 Å². The van der Waals surface area contributed by atoms with E-state index in [1.54, 1.807) is 6.07 Å². The summed E-state index contributed by atoms with van der Waals surface area (Å²) < 4.78 is 12.9. The normalized spacial score (nSPS) is 9.47. The first-order valence-electron chi connectivity index (χ1n) is 4.50. The van der Waals surface area contributed by atoms with E-state index in [1.165, 1.54) is 11.6 Å². The zero-order valence-electron chi connectivity index (χ0n) is 8.92. The van der Waals surface area contributed by atoms with Gasteiger partial charge in [0.15, 0.2) is 0 Å². The third-order valence-electron chi connectivity index (χ3n) is 2.15. The average molecular weight is 271 g/mol. The van der Waals surface area contributed by atoms with Crippen LogP contribution < -0.4 is 58.2 Å². The number of hydrogen-bond donors (Lipinski definition) is 0. The van der Waals surface area contributed by atoms with Crippen molar-refractivity contribution in [2.75, 3.05) is 0 Å². The number of halogens is 1. The van der Waals surface area contributed by atoms with Gasteiger partial charge in [0.05, 0.1) is 0 Å². The second-order valence-electron chi connectivity index (χ2n) is 3.29. The van der Waals surface area contributed by atoms with Crippen LogP contribution in [0.3, 0.4) is 0 Å². The molecule has 0 saturated heterocycles. The van der Waals surface area contributed by atoms with Crippen molar-refractivity contribution < 1.29 is 62.6 Å². The molecule has 0 radical (unpaired) electrons. The summed E-state index contributed by atoms with van der Waals surface area (Å²) in [6.45, 7) is 2.03. The van der Waals surface area contributed by atoms with Crippen molar-refractivity contribution in [1.29, 1.82) is 0 Å². The van der Waals surface area contributed by atoms with E-state index < -0.39 is 0 Å². The van der Waals surface area contributed by atoms with Crippen molar-refractivity contribution in [2.24, 2.45) is 0 Å². The summed E-state index contributed by atoms with van der Waals surface area (Å²) in [5, 5.41) is 0. The molecule has 0 saturated carbocycles. The van der Waals surface area contributed by atoms with E-state index in [1.807, 2.05) is 37.3 Å². The van der Waals surface area contributed by atoms with Crippen LogP contribution >= 0.6 is 0 Å². The Morgan fingerprint density at radius 1 is 1.00 bits per heavy atom. The third kappa shape index (κ3) is 3.60. The van der Waals surface area contributed by atoms with Gasteiger partial charge in [-0.2, -0.15) is 12.1 Å². The molecule has 0 aliphatic heterocycles. The first-order chi connectivity index (χ1) is 6.75. The summed E-state index contributed by atoms with van der Waals surface area (Å²) in [5.41, 5.74) is 3.13. The van der Waals surface area contributed by atoms with Crippen LogP contribution in [0.1, 0.15) is 5.56 Å². The van der Waals surface area contributed by atoms with Gasteiger partial charge in [-0.3, -0.25) is 0 Å². The summed E-state index contributed by atoms with van der Waals surface area (Å²) in [5.74, 6) is -0.317. The molecule has 0 spiro atoms. The van der Waals surface area contributed by atoms with E-state index in [0.29, 0.717) is 0 Å². The van der Waals surface area contributed by atoms with Crippen molar-refractivity contribution in [3.63, 3.8) is 0 Å². The van der Waals surface area contributed by atoms with Crippen LogP contribution in [-0.4, -0.2) is 0 Å². The Morgan fingerprint density at radius 3 is 2.27 bits per heavy atom. The fourth-order valence-electron chi connectivity index (χ4n) is 1.36. The van der Waals surface area contributed by atoms with Crippen LogP contribution in [0.5, 0.6) is 0 Å². The van der Waals surface area contributed by atoms with Gasteiger partial charge in [0.1, 0.15) is 0 Å². The summed E-state index contributed by atoms with van der Waals surface area (Å²) in [6, 6.07) is 15.4. The molecule has 2 aromatic carbocycles. The molecule has 0 unspecified atom stereocenters. The van der Waals surface area contributed by atoms with Gasteiger partial charge >= 0.3 is 58.2 Å². The van der Waals surface area contributed by atoms with Crippen molar-refractivity contribution >= 4 is 0 Å². The second kappa shape index (κ2) is 6.05. The molecule has 0 atom stereocenters. The van der Waals surface area contributed by atoms with E-state index in [0.717, 1.165) is 11.1 Å². The van der Waals surface area contributed by atoms with Crippen LogP contribution in [0.25, 0.3) is 11.1 Å². The monoisotopic (exact) mass is 270 g/mol. The zero-order valence-corrected chi connectivity index (χ0v) is 13.8. The van der Waals surface area contributed by atoms with Crippen molar-refractivity contribution in [2.45, 2.75) is 6.92 Å². The minimum Gasteiger partial charge on any atom is -0.236 e. The summed E-state index contributed by atoms with van der Waals surface area (Å²) >= 11 is 0. The van der Waals surface area contributed by atoms with Crippen molar-refractivity contribution in [3.05, 3.63) is 59.9 Å². The van der Waals surface area contributed by atoms with E-state index >= 15 is 0 Å². The third-order valence-corrected chi connectivity index (χ3v) is 2.15. The molecule has 2 rings (SSSR count). The fourth-order valence-corrected chi connectivity index (χ4v) is 1.36. The first kappa shape index (κ1) is 13.2. The standard InChI is InChI=1S/C13H10F.Rb/c1-10-5-7-11(8-6-10)12-3-2-4-13(14)9-12;/h2-3,5-9H,1H3;/q-1;+1. The Hall–Kier alpha value is 0.175. The smallest absolute Gasteiger partial charge is 0.236 e. The molecule has 0 aliphatic rings. The second-order valence-corrected chi connectivity index (χ2v) is 3.29. The van der Waals surface area contributed by atoms with Crippen LogP contribution in [-0.2, 0) is 0 Å². The first-order valence-corrected chi connectivity index (χ1v) is 4.50. The van der Waals surface area contributed by atoms with Crippen LogP contribution in [0.2, 0.25) is 0 Å². The number of benzene rings is 2. The van der Waals surface area contributed by atoms with Gasteiger partial charge in [-0.15, -0.1) is 17.7 Å². The maximum atomic E-state index is 12.9. The van der Waals surface area contributed by atoms with Gasteiger partial charge in [0.25, 0.3) is 0 Å². The maximum Gasteiger partial charge on any atom is 1.00 e. The average Bonchev–Trinajstić information content (AvgIpc) is 2.19. The molecule has 0 aromatic heterocycles. The molecule has 2 aromatic rings. The number of hydrogen-bond acceptors (Lipinski definition) is 0. The van der Waals surface area contributed by atoms with Gasteiger partial charge in [0.2, 0.25) is 0 Å². The van der Waals surface area contributed by atoms with Crippen molar-refractivity contribution in [3.8, 4) is 11.1 Å². The predicted molar refractivity (Wildman–Crippen MR) is 55.4 cm³/mol. The number of aryl methyl sites for hydroxylation is 1. The minimum absolute atomic E-state index is 0. The van der Waals surface area contributed by atoms with Gasteiger partial charge in [-0.05, 0) is 12.5 Å². The molecule has 0 nitrogen and oxygen atoms in total. The zero-order chi connectivity index (χ0) is 9.97. The fraction of sp³-hybridized carbons (Fsp3) is 0.0769. The van der Waals surface area contributed by atoms with Crippen LogP contribution in [0.4, 0.5) is 4.39 Å². The Bertz CT molecular complexity index is 435. The molecule has 15 heavy (non-hydrogen) atoms. The molecule has 0 bridgehead atoms. The molecule has 70 valence electrons. The molecule has 0 fully saturated rings. The van der Waals surface area contributed by atoms with E-state index in [4.69, 9.17) is 0 Å². The maximum absolute atomic E-state index is 12.9. The Kier molecular flexibility index (Phi) is 5.34. The molecular weight excluding hydrogens is 261 g/mol. The molecule has 2 heteroatoms. The molecular formula is C13H10FRb. The van der Waals surface area contributed by atoms with Crippen LogP contribution in [0.15, 0.2) is 42.5 Å². The van der Waals surface area contributed by atoms with Gasteiger partial charge < -0.3 is 0 Å². The minimum atomic E-state index is -0.317. The SMILES string of the molecule is Cc1ccc(-c2cc[c-]c(F)c2)cc1.[Rb+]. The molecule has 0 amide bonds. The topological polar surface area (TPSA) is 0 Å². The Labute approximate surface area is 138 Å². The molecule has 0 N–H and O–H groups in total. The van der Waals surface area contributed by atoms with E-state index in [-0.39, 0.29) is 64.0 Å². The summed E-state index contributed by atoms with van der Waals surface area (Å²) in [4.78, 5) is 0. The number of rotatable bonds is 1. The van der Waals surface area contributed by atoms with E-state index in [2.05, 4.69) is 6.07 Å². The molecule has 0 heterocycles. The Balaban J connectivity index is 0.00000112. The molecule has 0 aliphatic carbocycles. The van der Waals surface area contributed by atoms with Crippen LogP contribution in [0, 0.1) is 18.8 Å². The Morgan fingerprint density at radius 2 is 1.67 bits per heavy atom. The quantitative estimate of drug-likeness (QED) is 0.666. The van der Waals surface area contributed by atoms with Gasteiger partial charge in [-0.1, -0.05) is 29.8 Å². The summed E-state index contributed by atoms with van der Waals surface area (Å²) in [6.07, 6.45) is 0.